The van der Waals surface area contributed by atoms with E-state index in [2.05, 4.69) is 5.32 Å². The topological polar surface area (TPSA) is 96.0 Å². The maximum Gasteiger partial charge on any atom is 0.264 e. The molecule has 3 rings (SSSR count). The van der Waals surface area contributed by atoms with E-state index in [9.17, 15) is 18.0 Å². The van der Waals surface area contributed by atoms with E-state index in [1.807, 2.05) is 58.9 Å². The Morgan fingerprint density at radius 1 is 0.902 bits per heavy atom. The van der Waals surface area contributed by atoms with Gasteiger partial charge in [0.2, 0.25) is 11.8 Å². The number of carbonyl (C=O) groups is 2. The number of aryl methyl sites for hydroxylation is 2. The molecule has 9 heteroatoms. The van der Waals surface area contributed by atoms with Gasteiger partial charge in [0.05, 0.1) is 17.2 Å². The number of nitrogens with zero attached hydrogens (tertiary/aromatic N) is 2. The Labute approximate surface area is 244 Å². The number of sulfonamides is 1. The zero-order valence-corrected chi connectivity index (χ0v) is 25.6. The highest BCUT2D eigenvalue weighted by Crippen LogP contribution is 2.33. The van der Waals surface area contributed by atoms with Crippen LogP contribution in [0.4, 0.5) is 5.69 Å². The van der Waals surface area contributed by atoms with Crippen LogP contribution in [0.15, 0.2) is 77.7 Å². The summed E-state index contributed by atoms with van der Waals surface area (Å²) in [5, 5.41) is 2.95. The number of hydrogen-bond acceptors (Lipinski definition) is 5. The number of carbonyl (C=O) groups excluding carboxylic acids is 2. The number of hydrogen-bond donors (Lipinski definition) is 1. The molecule has 0 fully saturated rings. The van der Waals surface area contributed by atoms with E-state index in [-0.39, 0.29) is 29.1 Å². The molecule has 0 bridgehead atoms. The van der Waals surface area contributed by atoms with Crippen molar-refractivity contribution in [3.8, 4) is 5.75 Å². The first-order chi connectivity index (χ1) is 19.5. The number of amides is 2. The summed E-state index contributed by atoms with van der Waals surface area (Å²) in [4.78, 5) is 28.8. The summed E-state index contributed by atoms with van der Waals surface area (Å²) in [6.45, 7) is 11.1. The van der Waals surface area contributed by atoms with Gasteiger partial charge in [0.1, 0.15) is 18.3 Å². The summed E-state index contributed by atoms with van der Waals surface area (Å²) in [6.07, 6.45) is 0.737. The molecule has 0 radical (unpaired) electrons. The Morgan fingerprint density at radius 3 is 2.22 bits per heavy atom. The first-order valence-electron chi connectivity index (χ1n) is 13.9. The first kappa shape index (κ1) is 31.7. The van der Waals surface area contributed by atoms with E-state index >= 15 is 0 Å². The molecule has 0 aliphatic heterocycles. The van der Waals surface area contributed by atoms with Crippen molar-refractivity contribution in [1.29, 1.82) is 0 Å². The van der Waals surface area contributed by atoms with E-state index in [0.29, 0.717) is 12.4 Å². The van der Waals surface area contributed by atoms with Crippen LogP contribution in [-0.4, -0.2) is 50.4 Å². The Bertz CT molecular complexity index is 1440. The van der Waals surface area contributed by atoms with Gasteiger partial charge in [-0.25, -0.2) is 8.42 Å². The lowest BCUT2D eigenvalue weighted by Crippen LogP contribution is -2.52. The maximum absolute atomic E-state index is 14.1. The zero-order chi connectivity index (χ0) is 30.2. The Kier molecular flexibility index (Phi) is 10.9. The Balaban J connectivity index is 2.08. The van der Waals surface area contributed by atoms with Crippen LogP contribution >= 0.6 is 0 Å². The van der Waals surface area contributed by atoms with Gasteiger partial charge in [-0.1, -0.05) is 66.6 Å². The second kappa shape index (κ2) is 14.2. The SMILES string of the molecule is CCOc1ccccc1N(CC(=O)N(Cc1cccc(C)c1)[C@@H](C)C(=O)N[C@H](C)CC)S(=O)(=O)c1ccc(C)cc1. The quantitative estimate of drug-likeness (QED) is 0.299. The lowest BCUT2D eigenvalue weighted by Gasteiger charge is -2.33. The molecule has 8 nitrogen and oxygen atoms in total. The van der Waals surface area contributed by atoms with Crippen LogP contribution in [0.2, 0.25) is 0 Å². The third kappa shape index (κ3) is 8.10. The second-order valence-electron chi connectivity index (χ2n) is 10.2. The van der Waals surface area contributed by atoms with E-state index in [4.69, 9.17) is 4.74 Å². The van der Waals surface area contributed by atoms with Crippen molar-refractivity contribution in [2.45, 2.75) is 71.5 Å². The third-order valence-electron chi connectivity index (χ3n) is 6.93. The van der Waals surface area contributed by atoms with Gasteiger partial charge in [-0.05, 0) is 70.9 Å². The average Bonchev–Trinajstić information content (AvgIpc) is 2.95. The minimum absolute atomic E-state index is 0.0509. The highest BCUT2D eigenvalue weighted by atomic mass is 32.2. The van der Waals surface area contributed by atoms with E-state index < -0.39 is 28.5 Å². The molecule has 0 aliphatic rings. The number of ether oxygens (including phenoxy) is 1. The Hall–Kier alpha value is -3.85. The molecule has 0 aromatic heterocycles. The van der Waals surface area contributed by atoms with E-state index in [1.54, 1.807) is 43.3 Å². The molecule has 2 amide bonds. The smallest absolute Gasteiger partial charge is 0.264 e. The number of nitrogens with one attached hydrogen (secondary N) is 1. The summed E-state index contributed by atoms with van der Waals surface area (Å²) in [7, 11) is -4.18. The second-order valence-corrected chi connectivity index (χ2v) is 12.1. The first-order valence-corrected chi connectivity index (χ1v) is 15.4. The highest BCUT2D eigenvalue weighted by Gasteiger charge is 2.34. The van der Waals surface area contributed by atoms with Crippen LogP contribution in [0, 0.1) is 13.8 Å². The minimum atomic E-state index is -4.18. The maximum atomic E-state index is 14.1. The molecule has 3 aromatic rings. The van der Waals surface area contributed by atoms with Crippen molar-refractivity contribution in [2.24, 2.45) is 0 Å². The third-order valence-corrected chi connectivity index (χ3v) is 8.70. The normalized spacial score (nSPS) is 12.7. The van der Waals surface area contributed by atoms with Crippen LogP contribution < -0.4 is 14.4 Å². The Morgan fingerprint density at radius 2 is 1.59 bits per heavy atom. The van der Waals surface area contributed by atoms with Crippen molar-refractivity contribution < 1.29 is 22.7 Å². The number of anilines is 1. The van der Waals surface area contributed by atoms with Gasteiger partial charge in [-0.15, -0.1) is 0 Å². The van der Waals surface area contributed by atoms with Crippen molar-refractivity contribution in [3.63, 3.8) is 0 Å². The molecular weight excluding hydrogens is 538 g/mol. The van der Waals surface area contributed by atoms with Gasteiger partial charge < -0.3 is 15.0 Å². The molecule has 2 atom stereocenters. The molecule has 3 aromatic carbocycles. The van der Waals surface area contributed by atoms with Crippen molar-refractivity contribution in [3.05, 3.63) is 89.5 Å². The van der Waals surface area contributed by atoms with Gasteiger partial charge in [-0.2, -0.15) is 0 Å². The van der Waals surface area contributed by atoms with E-state index in [1.165, 1.54) is 17.0 Å². The summed E-state index contributed by atoms with van der Waals surface area (Å²) < 4.78 is 35.0. The van der Waals surface area contributed by atoms with E-state index in [0.717, 1.165) is 27.4 Å². The fourth-order valence-corrected chi connectivity index (χ4v) is 5.77. The van der Waals surface area contributed by atoms with Crippen molar-refractivity contribution >= 4 is 27.5 Å². The molecule has 220 valence electrons. The van der Waals surface area contributed by atoms with Crippen LogP contribution in [0.5, 0.6) is 5.75 Å². The van der Waals surface area contributed by atoms with Crippen molar-refractivity contribution in [1.82, 2.24) is 10.2 Å². The van der Waals surface area contributed by atoms with Crippen LogP contribution in [0.3, 0.4) is 0 Å². The number of rotatable bonds is 13. The lowest BCUT2D eigenvalue weighted by molar-refractivity contribution is -0.139. The standard InChI is InChI=1S/C32H41N3O5S/c1-7-25(5)33-32(37)26(6)34(21-27-13-11-12-24(4)20-27)31(36)22-35(29-14-9-10-15-30(29)40-8-2)41(38,39)28-18-16-23(3)17-19-28/h9-20,25-26H,7-8,21-22H2,1-6H3,(H,33,37)/t25-,26+/m1/s1. The molecule has 0 saturated carbocycles. The predicted molar refractivity (Wildman–Crippen MR) is 162 cm³/mol. The van der Waals surface area contributed by atoms with Gasteiger partial charge in [0.25, 0.3) is 10.0 Å². The monoisotopic (exact) mass is 579 g/mol. The molecule has 0 unspecified atom stereocenters. The average molecular weight is 580 g/mol. The van der Waals surface area contributed by atoms with Crippen LogP contribution in [0.25, 0.3) is 0 Å². The summed E-state index contributed by atoms with van der Waals surface area (Å²) >= 11 is 0. The molecular formula is C32H41N3O5S. The molecule has 0 spiro atoms. The zero-order valence-electron chi connectivity index (χ0n) is 24.8. The number of para-hydroxylation sites is 2. The predicted octanol–water partition coefficient (Wildman–Crippen LogP) is 5.23. The van der Waals surface area contributed by atoms with Gasteiger partial charge in [-0.3, -0.25) is 13.9 Å². The molecule has 0 aliphatic carbocycles. The molecule has 1 N–H and O–H groups in total. The minimum Gasteiger partial charge on any atom is -0.492 e. The summed E-state index contributed by atoms with van der Waals surface area (Å²) in [6, 6.07) is 20.0. The van der Waals surface area contributed by atoms with Crippen LogP contribution in [0.1, 0.15) is 50.8 Å². The molecule has 0 saturated heterocycles. The fourth-order valence-electron chi connectivity index (χ4n) is 4.35. The van der Waals surface area contributed by atoms with Crippen LogP contribution in [-0.2, 0) is 26.2 Å². The lowest BCUT2D eigenvalue weighted by atomic mass is 10.1. The van der Waals surface area contributed by atoms with Crippen molar-refractivity contribution in [2.75, 3.05) is 17.5 Å². The highest BCUT2D eigenvalue weighted by molar-refractivity contribution is 7.92. The summed E-state index contributed by atoms with van der Waals surface area (Å²) in [5.74, 6) is -0.477. The molecule has 41 heavy (non-hydrogen) atoms. The fraction of sp³-hybridized carbons (Fsp3) is 0.375. The molecule has 0 heterocycles. The van der Waals surface area contributed by atoms with Gasteiger partial charge in [0.15, 0.2) is 0 Å². The summed E-state index contributed by atoms with van der Waals surface area (Å²) in [5.41, 5.74) is 3.01. The number of benzene rings is 3. The largest absolute Gasteiger partial charge is 0.492 e. The van der Waals surface area contributed by atoms with Gasteiger partial charge >= 0.3 is 0 Å². The van der Waals surface area contributed by atoms with Gasteiger partial charge in [0, 0.05) is 12.6 Å².